The lowest BCUT2D eigenvalue weighted by Crippen LogP contribution is -2.33. The van der Waals surface area contributed by atoms with Crippen molar-refractivity contribution in [1.82, 2.24) is 9.88 Å². The number of benzene rings is 2. The van der Waals surface area contributed by atoms with Crippen LogP contribution in [-0.2, 0) is 17.8 Å². The number of para-hydroxylation sites is 1. The van der Waals surface area contributed by atoms with Crippen LogP contribution < -0.4 is 5.32 Å². The number of rotatable bonds is 3. The molecule has 0 unspecified atom stereocenters. The Morgan fingerprint density at radius 3 is 2.56 bits per heavy atom. The molecule has 3 aromatic heterocycles. The van der Waals surface area contributed by atoms with Gasteiger partial charge < -0.3 is 10.2 Å². The molecule has 6 rings (SSSR count). The topological polar surface area (TPSA) is 62.3 Å². The SMILES string of the molecule is CC(=O)N1CCc2c(sc(NC(=O)c3sc4ccccc4c3Cl)c2-c2nc3ccccc3s2)C1. The van der Waals surface area contributed by atoms with Crippen LogP contribution in [0.3, 0.4) is 0 Å². The third-order valence-electron chi connectivity index (χ3n) is 5.98. The lowest BCUT2D eigenvalue weighted by atomic mass is 10.0. The van der Waals surface area contributed by atoms with Gasteiger partial charge in [0.2, 0.25) is 5.91 Å². The van der Waals surface area contributed by atoms with Gasteiger partial charge in [0, 0.05) is 34.0 Å². The Morgan fingerprint density at radius 1 is 1.03 bits per heavy atom. The van der Waals surface area contributed by atoms with E-state index in [-0.39, 0.29) is 11.8 Å². The van der Waals surface area contributed by atoms with E-state index in [4.69, 9.17) is 16.6 Å². The Morgan fingerprint density at radius 2 is 1.79 bits per heavy atom. The second kappa shape index (κ2) is 8.46. The molecule has 170 valence electrons. The smallest absolute Gasteiger partial charge is 0.267 e. The average molecular weight is 524 g/mol. The molecule has 5 nitrogen and oxygen atoms in total. The second-order valence-corrected chi connectivity index (χ2v) is 11.6. The van der Waals surface area contributed by atoms with Crippen molar-refractivity contribution in [2.75, 3.05) is 11.9 Å². The fourth-order valence-corrected chi connectivity index (χ4v) is 8.07. The molecule has 2 aromatic carbocycles. The summed E-state index contributed by atoms with van der Waals surface area (Å²) in [5.74, 6) is -0.168. The third kappa shape index (κ3) is 3.62. The molecule has 0 saturated carbocycles. The number of halogens is 1. The molecule has 4 heterocycles. The highest BCUT2D eigenvalue weighted by Gasteiger charge is 2.29. The summed E-state index contributed by atoms with van der Waals surface area (Å²) < 4.78 is 2.08. The van der Waals surface area contributed by atoms with Gasteiger partial charge in [0.1, 0.15) is 14.9 Å². The van der Waals surface area contributed by atoms with Crippen molar-refractivity contribution < 1.29 is 9.59 Å². The molecule has 0 radical (unpaired) electrons. The van der Waals surface area contributed by atoms with E-state index in [1.165, 1.54) is 28.2 Å². The zero-order valence-corrected chi connectivity index (χ0v) is 21.3. The maximum Gasteiger partial charge on any atom is 0.267 e. The normalized spacial score (nSPS) is 13.4. The highest BCUT2D eigenvalue weighted by Crippen LogP contribution is 2.46. The van der Waals surface area contributed by atoms with Gasteiger partial charge in [-0.2, -0.15) is 0 Å². The molecule has 0 bridgehead atoms. The van der Waals surface area contributed by atoms with Gasteiger partial charge in [-0.05, 0) is 30.2 Å². The molecule has 9 heteroatoms. The molecular weight excluding hydrogens is 506 g/mol. The lowest BCUT2D eigenvalue weighted by molar-refractivity contribution is -0.129. The van der Waals surface area contributed by atoms with Crippen LogP contribution >= 0.6 is 45.6 Å². The number of nitrogens with zero attached hydrogens (tertiary/aromatic N) is 2. The molecule has 0 aliphatic carbocycles. The fraction of sp³-hybridized carbons (Fsp3) is 0.160. The molecule has 1 N–H and O–H groups in total. The summed E-state index contributed by atoms with van der Waals surface area (Å²) in [4.78, 5) is 33.7. The van der Waals surface area contributed by atoms with E-state index < -0.39 is 0 Å². The molecular formula is C25H18ClN3O2S3. The standard InChI is InChI=1S/C25H18ClN3O2S3/c1-13(30)29-11-10-14-19(12-29)34-25(20(14)24-27-16-7-3-5-9-18(16)33-24)28-23(31)22-21(26)15-6-2-4-8-17(15)32-22/h2-9H,10-12H2,1H3,(H,28,31). The van der Waals surface area contributed by atoms with E-state index in [0.717, 1.165) is 47.2 Å². The molecule has 0 atom stereocenters. The summed E-state index contributed by atoms with van der Waals surface area (Å²) in [6.07, 6.45) is 0.732. The first-order valence-corrected chi connectivity index (χ1v) is 13.6. The maximum absolute atomic E-state index is 13.4. The minimum Gasteiger partial charge on any atom is -0.337 e. The summed E-state index contributed by atoms with van der Waals surface area (Å²) >= 11 is 11.1. The minimum atomic E-state index is -0.226. The largest absolute Gasteiger partial charge is 0.337 e. The highest BCUT2D eigenvalue weighted by molar-refractivity contribution is 7.23. The molecule has 0 fully saturated rings. The zero-order valence-electron chi connectivity index (χ0n) is 18.1. The molecule has 0 spiro atoms. The maximum atomic E-state index is 13.4. The van der Waals surface area contributed by atoms with Crippen molar-refractivity contribution in [3.63, 3.8) is 0 Å². The average Bonchev–Trinajstić information content (AvgIpc) is 3.51. The van der Waals surface area contributed by atoms with Crippen molar-refractivity contribution in [3.05, 3.63) is 68.9 Å². The van der Waals surface area contributed by atoms with Crippen LogP contribution in [0.4, 0.5) is 5.00 Å². The van der Waals surface area contributed by atoms with Crippen molar-refractivity contribution >= 4 is 82.7 Å². The zero-order chi connectivity index (χ0) is 23.4. The summed E-state index contributed by atoms with van der Waals surface area (Å²) in [6, 6.07) is 15.8. The number of nitrogens with one attached hydrogen (secondary N) is 1. The van der Waals surface area contributed by atoms with Gasteiger partial charge in [-0.25, -0.2) is 4.98 Å². The lowest BCUT2D eigenvalue weighted by Gasteiger charge is -2.26. The number of thiophene rings is 2. The first-order chi connectivity index (χ1) is 16.5. The van der Waals surface area contributed by atoms with Gasteiger partial charge in [0.05, 0.1) is 21.8 Å². The molecule has 2 amide bonds. The van der Waals surface area contributed by atoms with E-state index in [1.807, 2.05) is 47.4 Å². The Labute approximate surface area is 212 Å². The number of hydrogen-bond donors (Lipinski definition) is 1. The van der Waals surface area contributed by atoms with Crippen molar-refractivity contribution in [2.24, 2.45) is 0 Å². The van der Waals surface area contributed by atoms with Crippen LogP contribution in [0, 0.1) is 0 Å². The molecule has 1 aliphatic heterocycles. The fourth-order valence-electron chi connectivity index (χ4n) is 4.29. The second-order valence-electron chi connectivity index (χ2n) is 8.08. The number of thiazole rings is 1. The van der Waals surface area contributed by atoms with Crippen molar-refractivity contribution in [1.29, 1.82) is 0 Å². The molecule has 0 saturated heterocycles. The van der Waals surface area contributed by atoms with Gasteiger partial charge in [-0.3, -0.25) is 9.59 Å². The highest BCUT2D eigenvalue weighted by atomic mass is 35.5. The number of anilines is 1. The van der Waals surface area contributed by atoms with E-state index in [1.54, 1.807) is 18.3 Å². The summed E-state index contributed by atoms with van der Waals surface area (Å²) in [5, 5.41) is 6.14. The van der Waals surface area contributed by atoms with Crippen LogP contribution in [-0.4, -0.2) is 28.2 Å². The van der Waals surface area contributed by atoms with Gasteiger partial charge in [-0.15, -0.1) is 34.0 Å². The van der Waals surface area contributed by atoms with E-state index in [9.17, 15) is 9.59 Å². The van der Waals surface area contributed by atoms with Gasteiger partial charge in [-0.1, -0.05) is 41.9 Å². The van der Waals surface area contributed by atoms with Crippen LogP contribution in [0.1, 0.15) is 27.0 Å². The Balaban J connectivity index is 1.45. The van der Waals surface area contributed by atoms with Crippen LogP contribution in [0.15, 0.2) is 48.5 Å². The summed E-state index contributed by atoms with van der Waals surface area (Å²) in [5.41, 5.74) is 3.07. The van der Waals surface area contributed by atoms with Crippen LogP contribution in [0.2, 0.25) is 5.02 Å². The Bertz CT molecular complexity index is 1570. The van der Waals surface area contributed by atoms with Gasteiger partial charge in [0.15, 0.2) is 0 Å². The number of fused-ring (bicyclic) bond motifs is 3. The first kappa shape index (κ1) is 21.7. The van der Waals surface area contributed by atoms with Crippen LogP contribution in [0.25, 0.3) is 30.9 Å². The molecule has 1 aliphatic rings. The predicted octanol–water partition coefficient (Wildman–Crippen LogP) is 7.05. The first-order valence-electron chi connectivity index (χ1n) is 10.7. The summed E-state index contributed by atoms with van der Waals surface area (Å²) in [7, 11) is 0. The number of amides is 2. The monoisotopic (exact) mass is 523 g/mol. The third-order valence-corrected chi connectivity index (χ3v) is 9.84. The summed E-state index contributed by atoms with van der Waals surface area (Å²) in [6.45, 7) is 2.80. The number of hydrogen-bond acceptors (Lipinski definition) is 6. The Kier molecular flexibility index (Phi) is 5.41. The van der Waals surface area contributed by atoms with Crippen LogP contribution in [0.5, 0.6) is 0 Å². The van der Waals surface area contributed by atoms with Gasteiger partial charge in [0.25, 0.3) is 5.91 Å². The Hall–Kier alpha value is -2.78. The predicted molar refractivity (Wildman–Crippen MR) is 143 cm³/mol. The van der Waals surface area contributed by atoms with Crippen molar-refractivity contribution in [2.45, 2.75) is 19.9 Å². The number of carbonyl (C=O) groups is 2. The van der Waals surface area contributed by atoms with E-state index >= 15 is 0 Å². The van der Waals surface area contributed by atoms with Gasteiger partial charge >= 0.3 is 0 Å². The van der Waals surface area contributed by atoms with Crippen molar-refractivity contribution in [3.8, 4) is 10.6 Å². The quantitative estimate of drug-likeness (QED) is 0.275. The minimum absolute atomic E-state index is 0.0585. The number of aromatic nitrogens is 1. The van der Waals surface area contributed by atoms with E-state index in [0.29, 0.717) is 23.0 Å². The number of carbonyl (C=O) groups excluding carboxylic acids is 2. The molecule has 5 aromatic rings. The molecule has 34 heavy (non-hydrogen) atoms. The van der Waals surface area contributed by atoms with E-state index in [2.05, 4.69) is 11.4 Å².